The number of nitrogens with one attached hydrogen (secondary N) is 1. The highest BCUT2D eigenvalue weighted by Crippen LogP contribution is 2.21. The molecule has 1 aromatic heterocycles. The lowest BCUT2D eigenvalue weighted by Crippen LogP contribution is -1.90. The third-order valence-corrected chi connectivity index (χ3v) is 2.67. The van der Waals surface area contributed by atoms with Gasteiger partial charge in [-0.3, -0.25) is 0 Å². The number of phenolic OH excluding ortho intramolecular Hbond substituents is 2. The molecule has 0 aliphatic rings. The molecule has 3 rings (SSSR count). The van der Waals surface area contributed by atoms with E-state index >= 15 is 0 Å². The second-order valence-corrected chi connectivity index (χ2v) is 4.10. The number of hydrazone groups is 1. The van der Waals surface area contributed by atoms with Crippen LogP contribution in [-0.2, 0) is 0 Å². The highest BCUT2D eigenvalue weighted by atomic mass is 16.4. The summed E-state index contributed by atoms with van der Waals surface area (Å²) in [5, 5.41) is 22.8. The van der Waals surface area contributed by atoms with E-state index in [0.717, 1.165) is 5.52 Å². The molecule has 0 radical (unpaired) electrons. The third kappa shape index (κ3) is 2.39. The summed E-state index contributed by atoms with van der Waals surface area (Å²) < 4.78 is 5.41. The van der Waals surface area contributed by atoms with Gasteiger partial charge in [0.25, 0.3) is 0 Å². The van der Waals surface area contributed by atoms with Crippen LogP contribution in [0, 0.1) is 0 Å². The molecule has 6 heteroatoms. The molecule has 3 N–H and O–H groups in total. The second kappa shape index (κ2) is 4.93. The first kappa shape index (κ1) is 12.0. The number of phenols is 2. The molecule has 0 saturated heterocycles. The Bertz CT molecular complexity index is 747. The summed E-state index contributed by atoms with van der Waals surface area (Å²) in [5.74, 6) is 0.0667. The molecular weight excluding hydrogens is 258 g/mol. The first-order valence-electron chi connectivity index (χ1n) is 5.89. The number of fused-ring (bicyclic) bond motifs is 1. The standard InChI is InChI=1S/C14H11N3O3/c18-10-5-6-12(19)9(7-10)8-15-17-14-16-11-3-1-2-4-13(11)20-14/h1-8,18-19H,(H,16,17)/b15-8+. The Hall–Kier alpha value is -3.02. The smallest absolute Gasteiger partial charge is 0.316 e. The van der Waals surface area contributed by atoms with Crippen LogP contribution in [0.2, 0.25) is 0 Å². The van der Waals surface area contributed by atoms with Gasteiger partial charge in [-0.25, -0.2) is 5.43 Å². The molecule has 0 unspecified atom stereocenters. The predicted molar refractivity (Wildman–Crippen MR) is 75.0 cm³/mol. The summed E-state index contributed by atoms with van der Waals surface area (Å²) in [7, 11) is 0. The highest BCUT2D eigenvalue weighted by Gasteiger charge is 2.03. The average molecular weight is 269 g/mol. The fraction of sp³-hybridized carbons (Fsp3) is 0. The molecule has 0 aliphatic heterocycles. The van der Waals surface area contributed by atoms with Crippen LogP contribution in [0.4, 0.5) is 6.01 Å². The van der Waals surface area contributed by atoms with Crippen molar-refractivity contribution in [3.63, 3.8) is 0 Å². The van der Waals surface area contributed by atoms with E-state index in [0.29, 0.717) is 11.1 Å². The SMILES string of the molecule is Oc1ccc(O)c(/C=N/Nc2nc3ccccc3o2)c1. The van der Waals surface area contributed by atoms with E-state index in [4.69, 9.17) is 4.42 Å². The second-order valence-electron chi connectivity index (χ2n) is 4.10. The molecule has 3 aromatic rings. The third-order valence-electron chi connectivity index (χ3n) is 2.67. The van der Waals surface area contributed by atoms with E-state index in [1.165, 1.54) is 24.4 Å². The van der Waals surface area contributed by atoms with Crippen LogP contribution in [-0.4, -0.2) is 21.4 Å². The fourth-order valence-corrected chi connectivity index (χ4v) is 1.72. The van der Waals surface area contributed by atoms with E-state index in [2.05, 4.69) is 15.5 Å². The number of hydrogen-bond acceptors (Lipinski definition) is 6. The number of anilines is 1. The molecule has 0 bridgehead atoms. The van der Waals surface area contributed by atoms with Crippen molar-refractivity contribution >= 4 is 23.3 Å². The summed E-state index contributed by atoms with van der Waals surface area (Å²) >= 11 is 0. The Kier molecular flexibility index (Phi) is 2.96. The minimum atomic E-state index is 0.0194. The molecule has 0 amide bonds. The van der Waals surface area contributed by atoms with Crippen LogP contribution in [0.3, 0.4) is 0 Å². The molecule has 20 heavy (non-hydrogen) atoms. The minimum Gasteiger partial charge on any atom is -0.508 e. The van der Waals surface area contributed by atoms with Crippen molar-refractivity contribution in [3.8, 4) is 11.5 Å². The number of oxazole rings is 1. The molecule has 0 spiro atoms. The van der Waals surface area contributed by atoms with Gasteiger partial charge in [-0.2, -0.15) is 10.1 Å². The van der Waals surface area contributed by atoms with E-state index < -0.39 is 0 Å². The number of para-hydroxylation sites is 2. The molecule has 1 heterocycles. The molecule has 2 aromatic carbocycles. The van der Waals surface area contributed by atoms with Gasteiger partial charge in [-0.15, -0.1) is 0 Å². The van der Waals surface area contributed by atoms with Gasteiger partial charge in [0.15, 0.2) is 5.58 Å². The zero-order chi connectivity index (χ0) is 13.9. The quantitative estimate of drug-likeness (QED) is 0.386. The number of hydrogen-bond donors (Lipinski definition) is 3. The first-order chi connectivity index (χ1) is 9.72. The van der Waals surface area contributed by atoms with Crippen molar-refractivity contribution in [2.24, 2.45) is 5.10 Å². The molecule has 0 aliphatic carbocycles. The molecule has 0 saturated carbocycles. The summed E-state index contributed by atoms with van der Waals surface area (Å²) in [6.07, 6.45) is 1.36. The Morgan fingerprint density at radius 3 is 2.85 bits per heavy atom. The summed E-state index contributed by atoms with van der Waals surface area (Å²) in [6, 6.07) is 11.8. The van der Waals surface area contributed by atoms with Gasteiger partial charge in [-0.1, -0.05) is 12.1 Å². The maximum Gasteiger partial charge on any atom is 0.316 e. The maximum atomic E-state index is 9.58. The van der Waals surface area contributed by atoms with Crippen LogP contribution < -0.4 is 5.43 Å². The van der Waals surface area contributed by atoms with E-state index in [9.17, 15) is 10.2 Å². The van der Waals surface area contributed by atoms with Crippen LogP contribution in [0.1, 0.15) is 5.56 Å². The maximum absolute atomic E-state index is 9.58. The van der Waals surface area contributed by atoms with Gasteiger partial charge < -0.3 is 14.6 Å². The monoisotopic (exact) mass is 269 g/mol. The van der Waals surface area contributed by atoms with Gasteiger partial charge in [0.1, 0.15) is 17.0 Å². The minimum absolute atomic E-state index is 0.0194. The van der Waals surface area contributed by atoms with Crippen molar-refractivity contribution in [3.05, 3.63) is 48.0 Å². The van der Waals surface area contributed by atoms with E-state index in [-0.39, 0.29) is 17.5 Å². The normalized spacial score (nSPS) is 11.2. The van der Waals surface area contributed by atoms with Crippen molar-refractivity contribution in [1.82, 2.24) is 4.98 Å². The fourth-order valence-electron chi connectivity index (χ4n) is 1.72. The first-order valence-corrected chi connectivity index (χ1v) is 5.89. The number of aromatic hydroxyl groups is 2. The predicted octanol–water partition coefficient (Wildman–Crippen LogP) is 2.69. The average Bonchev–Trinajstić information content (AvgIpc) is 2.85. The number of rotatable bonds is 3. The zero-order valence-electron chi connectivity index (χ0n) is 10.3. The van der Waals surface area contributed by atoms with Gasteiger partial charge in [0, 0.05) is 5.56 Å². The van der Waals surface area contributed by atoms with Crippen LogP contribution in [0.5, 0.6) is 11.5 Å². The highest BCUT2D eigenvalue weighted by molar-refractivity contribution is 5.84. The molecule has 6 nitrogen and oxygen atoms in total. The Morgan fingerprint density at radius 2 is 2.00 bits per heavy atom. The van der Waals surface area contributed by atoms with Gasteiger partial charge in [0.2, 0.25) is 0 Å². The summed E-state index contributed by atoms with van der Waals surface area (Å²) in [5.41, 5.74) is 4.40. The van der Waals surface area contributed by atoms with Crippen molar-refractivity contribution in [2.75, 3.05) is 5.43 Å². The Labute approximate surface area is 114 Å². The topological polar surface area (TPSA) is 90.9 Å². The van der Waals surface area contributed by atoms with Gasteiger partial charge >= 0.3 is 6.01 Å². The molecule has 100 valence electrons. The van der Waals surface area contributed by atoms with E-state index in [1.807, 2.05) is 18.2 Å². The number of nitrogens with zero attached hydrogens (tertiary/aromatic N) is 2. The number of benzene rings is 2. The van der Waals surface area contributed by atoms with Crippen molar-refractivity contribution in [2.45, 2.75) is 0 Å². The Morgan fingerprint density at radius 1 is 1.15 bits per heavy atom. The molecule has 0 fully saturated rings. The zero-order valence-corrected chi connectivity index (χ0v) is 10.3. The lowest BCUT2D eigenvalue weighted by molar-refractivity contribution is 0.459. The Balaban J connectivity index is 1.78. The molecule has 0 atom stereocenters. The van der Waals surface area contributed by atoms with Crippen molar-refractivity contribution < 1.29 is 14.6 Å². The van der Waals surface area contributed by atoms with Crippen molar-refractivity contribution in [1.29, 1.82) is 0 Å². The lowest BCUT2D eigenvalue weighted by Gasteiger charge is -1.98. The van der Waals surface area contributed by atoms with E-state index in [1.54, 1.807) is 6.07 Å². The summed E-state index contributed by atoms with van der Waals surface area (Å²) in [6.45, 7) is 0. The number of aromatic nitrogens is 1. The van der Waals surface area contributed by atoms with Gasteiger partial charge in [0.05, 0.1) is 6.21 Å². The van der Waals surface area contributed by atoms with Crippen LogP contribution in [0.25, 0.3) is 11.1 Å². The molecular formula is C14H11N3O3. The lowest BCUT2D eigenvalue weighted by atomic mass is 10.2. The van der Waals surface area contributed by atoms with Crippen LogP contribution in [0.15, 0.2) is 52.0 Å². The van der Waals surface area contributed by atoms with Crippen LogP contribution >= 0.6 is 0 Å². The largest absolute Gasteiger partial charge is 0.508 e. The summed E-state index contributed by atoms with van der Waals surface area (Å²) in [4.78, 5) is 4.18. The van der Waals surface area contributed by atoms with Gasteiger partial charge in [-0.05, 0) is 30.3 Å².